The molecule has 0 saturated heterocycles. The van der Waals surface area contributed by atoms with E-state index in [1.54, 1.807) is 31.2 Å². The van der Waals surface area contributed by atoms with Crippen LogP contribution in [0.3, 0.4) is 0 Å². The number of nitrogens with one attached hydrogen (secondary N) is 1. The van der Waals surface area contributed by atoms with Gasteiger partial charge in [0.25, 0.3) is 0 Å². The van der Waals surface area contributed by atoms with Gasteiger partial charge < -0.3 is 10.1 Å². The van der Waals surface area contributed by atoms with Crippen LogP contribution < -0.4 is 14.4 Å². The highest BCUT2D eigenvalue weighted by Crippen LogP contribution is 2.26. The highest BCUT2D eigenvalue weighted by molar-refractivity contribution is 7.92. The number of para-hydroxylation sites is 1. The van der Waals surface area contributed by atoms with Crippen molar-refractivity contribution in [1.29, 1.82) is 0 Å². The monoisotopic (exact) mass is 404 g/mol. The number of carbonyl (C=O) groups excluding carboxylic acids is 1. The van der Waals surface area contributed by atoms with Crippen LogP contribution in [0.2, 0.25) is 0 Å². The van der Waals surface area contributed by atoms with E-state index in [-0.39, 0.29) is 5.91 Å². The molecule has 28 heavy (non-hydrogen) atoms. The maximum absolute atomic E-state index is 12.9. The Labute approximate surface area is 167 Å². The quantitative estimate of drug-likeness (QED) is 0.727. The van der Waals surface area contributed by atoms with Gasteiger partial charge in [0.15, 0.2) is 0 Å². The fourth-order valence-electron chi connectivity index (χ4n) is 3.09. The standard InChI is InChI=1S/C21H28N2O4S/c1-6-17-10-8-9-15(3)20(17)22-21(24)16(4)23(28(5,25)26)18-11-13-19(14-12-18)27-7-2/h8-14,16H,6-7H2,1-5H3,(H,22,24)/t16-/m0/s1. The normalized spacial score (nSPS) is 12.3. The van der Waals surface area contributed by atoms with Gasteiger partial charge in [0, 0.05) is 5.69 Å². The number of sulfonamides is 1. The summed E-state index contributed by atoms with van der Waals surface area (Å²) in [6.45, 7) is 7.90. The van der Waals surface area contributed by atoms with Crippen LogP contribution >= 0.6 is 0 Å². The second kappa shape index (κ2) is 9.10. The summed E-state index contributed by atoms with van der Waals surface area (Å²) in [7, 11) is -3.67. The van der Waals surface area contributed by atoms with Gasteiger partial charge >= 0.3 is 0 Å². The maximum Gasteiger partial charge on any atom is 0.248 e. The first-order valence-corrected chi connectivity index (χ1v) is 11.2. The second-order valence-electron chi connectivity index (χ2n) is 6.61. The van der Waals surface area contributed by atoms with Crippen molar-refractivity contribution in [1.82, 2.24) is 0 Å². The van der Waals surface area contributed by atoms with Gasteiger partial charge in [-0.05, 0) is 62.6 Å². The summed E-state index contributed by atoms with van der Waals surface area (Å²) in [6, 6.07) is 11.6. The summed E-state index contributed by atoms with van der Waals surface area (Å²) in [4.78, 5) is 12.9. The molecule has 0 radical (unpaired) electrons. The van der Waals surface area contributed by atoms with E-state index >= 15 is 0 Å². The van der Waals surface area contributed by atoms with Gasteiger partial charge in [-0.25, -0.2) is 8.42 Å². The lowest BCUT2D eigenvalue weighted by Crippen LogP contribution is -2.45. The molecule has 2 aromatic carbocycles. The van der Waals surface area contributed by atoms with E-state index in [1.165, 1.54) is 0 Å². The molecule has 0 heterocycles. The summed E-state index contributed by atoms with van der Waals surface area (Å²) in [6.07, 6.45) is 1.86. The van der Waals surface area contributed by atoms with E-state index in [2.05, 4.69) is 5.32 Å². The zero-order chi connectivity index (χ0) is 20.9. The number of rotatable bonds is 8. The lowest BCUT2D eigenvalue weighted by atomic mass is 10.1. The van der Waals surface area contributed by atoms with Gasteiger partial charge in [0.2, 0.25) is 15.9 Å². The molecule has 152 valence electrons. The smallest absolute Gasteiger partial charge is 0.248 e. The zero-order valence-corrected chi connectivity index (χ0v) is 17.8. The number of hydrogen-bond acceptors (Lipinski definition) is 4. The van der Waals surface area contributed by atoms with Crippen molar-refractivity contribution in [3.05, 3.63) is 53.6 Å². The van der Waals surface area contributed by atoms with E-state index in [1.807, 2.05) is 39.0 Å². The zero-order valence-electron chi connectivity index (χ0n) is 17.0. The first kappa shape index (κ1) is 21.8. The maximum atomic E-state index is 12.9. The number of anilines is 2. The minimum atomic E-state index is -3.67. The van der Waals surface area contributed by atoms with Crippen molar-refractivity contribution in [3.8, 4) is 5.75 Å². The predicted octanol–water partition coefficient (Wildman–Crippen LogP) is 3.75. The predicted molar refractivity (Wildman–Crippen MR) is 114 cm³/mol. The second-order valence-corrected chi connectivity index (χ2v) is 8.47. The number of hydrogen-bond donors (Lipinski definition) is 1. The van der Waals surface area contributed by atoms with E-state index in [4.69, 9.17) is 4.74 Å². The summed E-state index contributed by atoms with van der Waals surface area (Å²) in [5.41, 5.74) is 3.09. The molecule has 0 spiro atoms. The first-order valence-electron chi connectivity index (χ1n) is 9.30. The van der Waals surface area contributed by atoms with Gasteiger partial charge in [0.05, 0.1) is 18.6 Å². The lowest BCUT2D eigenvalue weighted by molar-refractivity contribution is -0.116. The largest absolute Gasteiger partial charge is 0.494 e. The molecular weight excluding hydrogens is 376 g/mol. The van der Waals surface area contributed by atoms with Gasteiger partial charge in [-0.15, -0.1) is 0 Å². The Kier molecular flexibility index (Phi) is 7.07. The van der Waals surface area contributed by atoms with Crippen molar-refractivity contribution >= 4 is 27.3 Å². The Morgan fingerprint density at radius 2 is 1.79 bits per heavy atom. The molecule has 0 saturated carbocycles. The van der Waals surface area contributed by atoms with Gasteiger partial charge in [-0.3, -0.25) is 9.10 Å². The van der Waals surface area contributed by atoms with Crippen molar-refractivity contribution in [3.63, 3.8) is 0 Å². The molecule has 1 N–H and O–H groups in total. The fraction of sp³-hybridized carbons (Fsp3) is 0.381. The third-order valence-electron chi connectivity index (χ3n) is 4.48. The Morgan fingerprint density at radius 3 is 2.32 bits per heavy atom. The minimum Gasteiger partial charge on any atom is -0.494 e. The van der Waals surface area contributed by atoms with Crippen LogP contribution in [-0.4, -0.2) is 33.2 Å². The molecule has 0 aliphatic heterocycles. The van der Waals surface area contributed by atoms with Crippen LogP contribution in [-0.2, 0) is 21.2 Å². The van der Waals surface area contributed by atoms with E-state index < -0.39 is 16.1 Å². The van der Waals surface area contributed by atoms with Gasteiger partial charge in [-0.1, -0.05) is 25.1 Å². The number of aryl methyl sites for hydroxylation is 2. The van der Waals surface area contributed by atoms with E-state index in [0.717, 1.165) is 33.8 Å². The van der Waals surface area contributed by atoms with Crippen LogP contribution in [0.15, 0.2) is 42.5 Å². The molecule has 0 bridgehead atoms. The van der Waals surface area contributed by atoms with Crippen molar-refractivity contribution < 1.29 is 17.9 Å². The number of carbonyl (C=O) groups is 1. The Hall–Kier alpha value is -2.54. The van der Waals surface area contributed by atoms with Crippen LogP contribution in [0.25, 0.3) is 0 Å². The molecule has 1 atom stereocenters. The Bertz CT molecular complexity index is 924. The summed E-state index contributed by atoms with van der Waals surface area (Å²) < 4.78 is 31.4. The summed E-state index contributed by atoms with van der Waals surface area (Å²) in [5.74, 6) is 0.257. The third kappa shape index (κ3) is 5.04. The highest BCUT2D eigenvalue weighted by Gasteiger charge is 2.29. The Morgan fingerprint density at radius 1 is 1.14 bits per heavy atom. The highest BCUT2D eigenvalue weighted by atomic mass is 32.2. The minimum absolute atomic E-state index is 0.386. The molecule has 0 unspecified atom stereocenters. The molecule has 0 aromatic heterocycles. The number of nitrogens with zero attached hydrogens (tertiary/aromatic N) is 1. The molecule has 0 fully saturated rings. The summed E-state index contributed by atoms with van der Waals surface area (Å²) in [5, 5.41) is 2.91. The van der Waals surface area contributed by atoms with Crippen LogP contribution in [0.1, 0.15) is 31.9 Å². The van der Waals surface area contributed by atoms with Crippen LogP contribution in [0.4, 0.5) is 11.4 Å². The van der Waals surface area contributed by atoms with E-state index in [9.17, 15) is 13.2 Å². The molecule has 6 nitrogen and oxygen atoms in total. The average molecular weight is 405 g/mol. The van der Waals surface area contributed by atoms with E-state index in [0.29, 0.717) is 18.0 Å². The van der Waals surface area contributed by atoms with Crippen LogP contribution in [0, 0.1) is 6.92 Å². The lowest BCUT2D eigenvalue weighted by Gasteiger charge is -2.28. The van der Waals surface area contributed by atoms with Crippen LogP contribution in [0.5, 0.6) is 5.75 Å². The topological polar surface area (TPSA) is 75.7 Å². The summed E-state index contributed by atoms with van der Waals surface area (Å²) >= 11 is 0. The van der Waals surface area contributed by atoms with Crippen molar-refractivity contribution in [2.24, 2.45) is 0 Å². The van der Waals surface area contributed by atoms with Gasteiger partial charge in [0.1, 0.15) is 11.8 Å². The molecule has 2 rings (SSSR count). The first-order chi connectivity index (χ1) is 13.2. The van der Waals surface area contributed by atoms with Crippen molar-refractivity contribution in [2.75, 3.05) is 22.5 Å². The molecule has 1 amide bonds. The van der Waals surface area contributed by atoms with Gasteiger partial charge in [-0.2, -0.15) is 0 Å². The molecule has 2 aromatic rings. The Balaban J connectivity index is 2.33. The SMILES string of the molecule is CCOc1ccc(N([C@@H](C)C(=O)Nc2c(C)cccc2CC)S(C)(=O)=O)cc1. The molecule has 0 aliphatic carbocycles. The molecule has 7 heteroatoms. The molecular formula is C21H28N2O4S. The third-order valence-corrected chi connectivity index (χ3v) is 5.72. The van der Waals surface area contributed by atoms with Crippen molar-refractivity contribution in [2.45, 2.75) is 40.2 Å². The number of ether oxygens (including phenoxy) is 1. The average Bonchev–Trinajstić information content (AvgIpc) is 2.64. The molecule has 0 aliphatic rings. The number of amides is 1. The fourth-order valence-corrected chi connectivity index (χ4v) is 4.27. The number of benzene rings is 2.